The van der Waals surface area contributed by atoms with Crippen molar-refractivity contribution in [3.05, 3.63) is 22.7 Å². The summed E-state index contributed by atoms with van der Waals surface area (Å²) >= 11 is 0. The van der Waals surface area contributed by atoms with E-state index in [1.54, 1.807) is 27.7 Å². The SMILES string of the molecule is CC(C)C(=O)OC[C@H]1O[C@@](C#N)(n2ccc(N)nc2=O)[C@H]2OC(C)(C)OC12. The lowest BCUT2D eigenvalue weighted by Crippen LogP contribution is -2.49. The molecule has 2 aliphatic rings. The first-order valence-corrected chi connectivity index (χ1v) is 8.56. The van der Waals surface area contributed by atoms with Crippen LogP contribution < -0.4 is 11.4 Å². The number of aromatic nitrogens is 2. The maximum atomic E-state index is 12.4. The average Bonchev–Trinajstić information content (AvgIpc) is 3.04. The highest BCUT2D eigenvalue weighted by atomic mass is 16.8. The van der Waals surface area contributed by atoms with E-state index in [1.807, 2.05) is 6.07 Å². The molecule has 0 amide bonds. The zero-order valence-corrected chi connectivity index (χ0v) is 15.5. The molecule has 10 heteroatoms. The van der Waals surface area contributed by atoms with Crippen molar-refractivity contribution in [1.29, 1.82) is 5.26 Å². The Labute approximate surface area is 155 Å². The van der Waals surface area contributed by atoms with Crippen molar-refractivity contribution >= 4 is 11.8 Å². The molecule has 4 atom stereocenters. The van der Waals surface area contributed by atoms with Crippen LogP contribution in [-0.2, 0) is 29.5 Å². The molecule has 2 saturated heterocycles. The summed E-state index contributed by atoms with van der Waals surface area (Å²) in [6.45, 7) is 6.65. The fraction of sp³-hybridized carbons (Fsp3) is 0.647. The van der Waals surface area contributed by atoms with Gasteiger partial charge in [0.05, 0.1) is 5.92 Å². The van der Waals surface area contributed by atoms with Crippen LogP contribution in [0.3, 0.4) is 0 Å². The molecule has 3 rings (SSSR count). The van der Waals surface area contributed by atoms with E-state index in [9.17, 15) is 14.9 Å². The lowest BCUT2D eigenvalue weighted by Gasteiger charge is -2.30. The van der Waals surface area contributed by atoms with Crippen molar-refractivity contribution in [2.45, 2.75) is 57.5 Å². The van der Waals surface area contributed by atoms with Crippen molar-refractivity contribution in [1.82, 2.24) is 9.55 Å². The van der Waals surface area contributed by atoms with Crippen LogP contribution >= 0.6 is 0 Å². The number of nitriles is 1. The monoisotopic (exact) mass is 378 g/mol. The van der Waals surface area contributed by atoms with Gasteiger partial charge < -0.3 is 24.7 Å². The fourth-order valence-electron chi connectivity index (χ4n) is 3.19. The van der Waals surface area contributed by atoms with Crippen LogP contribution in [0.4, 0.5) is 5.82 Å². The van der Waals surface area contributed by atoms with Gasteiger partial charge in [-0.25, -0.2) is 4.79 Å². The van der Waals surface area contributed by atoms with Crippen LogP contribution in [0.5, 0.6) is 0 Å². The van der Waals surface area contributed by atoms with E-state index in [0.29, 0.717) is 0 Å². The highest BCUT2D eigenvalue weighted by molar-refractivity contribution is 5.71. The molecule has 2 N–H and O–H groups in total. The van der Waals surface area contributed by atoms with Gasteiger partial charge in [0.2, 0.25) is 0 Å². The zero-order valence-electron chi connectivity index (χ0n) is 15.5. The van der Waals surface area contributed by atoms with Crippen LogP contribution in [0.1, 0.15) is 27.7 Å². The second kappa shape index (κ2) is 6.60. The number of hydrogen-bond acceptors (Lipinski definition) is 9. The molecule has 1 aromatic rings. The first-order valence-electron chi connectivity index (χ1n) is 8.56. The second-order valence-corrected chi connectivity index (χ2v) is 7.28. The molecule has 2 fully saturated rings. The van der Waals surface area contributed by atoms with Gasteiger partial charge in [-0.2, -0.15) is 10.2 Å². The summed E-state index contributed by atoms with van der Waals surface area (Å²) in [5.41, 5.74) is 2.95. The molecule has 0 saturated carbocycles. The van der Waals surface area contributed by atoms with Crippen LogP contribution in [0.2, 0.25) is 0 Å². The van der Waals surface area contributed by atoms with Crippen LogP contribution in [0, 0.1) is 17.2 Å². The topological polar surface area (TPSA) is 139 Å². The molecule has 1 aromatic heterocycles. The van der Waals surface area contributed by atoms with E-state index < -0.39 is 41.5 Å². The van der Waals surface area contributed by atoms with E-state index in [1.165, 1.54) is 12.3 Å². The number of nitrogen functional groups attached to an aromatic ring is 1. The normalized spacial score (nSPS) is 31.5. The van der Waals surface area contributed by atoms with Crippen LogP contribution in [-0.4, -0.2) is 46.2 Å². The number of nitrogens with two attached hydrogens (primary N) is 1. The van der Waals surface area contributed by atoms with E-state index in [-0.39, 0.29) is 18.3 Å². The average molecular weight is 378 g/mol. The lowest BCUT2D eigenvalue weighted by atomic mass is 10.0. The predicted molar refractivity (Wildman–Crippen MR) is 91.0 cm³/mol. The first-order chi connectivity index (χ1) is 12.6. The Balaban J connectivity index is 1.98. The van der Waals surface area contributed by atoms with Gasteiger partial charge in [-0.1, -0.05) is 13.8 Å². The molecule has 0 aromatic carbocycles. The highest BCUT2D eigenvalue weighted by Crippen LogP contribution is 2.46. The van der Waals surface area contributed by atoms with E-state index in [0.717, 1.165) is 4.57 Å². The van der Waals surface area contributed by atoms with Gasteiger partial charge in [0.15, 0.2) is 11.9 Å². The molecular formula is C17H22N4O6. The number of rotatable bonds is 4. The molecule has 10 nitrogen and oxygen atoms in total. The van der Waals surface area contributed by atoms with Gasteiger partial charge in [0, 0.05) is 6.20 Å². The number of esters is 1. The minimum Gasteiger partial charge on any atom is -0.463 e. The van der Waals surface area contributed by atoms with Gasteiger partial charge in [-0.05, 0) is 19.9 Å². The molecule has 27 heavy (non-hydrogen) atoms. The minimum atomic E-state index is -1.83. The summed E-state index contributed by atoms with van der Waals surface area (Å²) in [5.74, 6) is -1.71. The maximum Gasteiger partial charge on any atom is 0.352 e. The summed E-state index contributed by atoms with van der Waals surface area (Å²) < 4.78 is 23.9. The van der Waals surface area contributed by atoms with Gasteiger partial charge >= 0.3 is 11.7 Å². The Morgan fingerprint density at radius 1 is 1.44 bits per heavy atom. The van der Waals surface area contributed by atoms with Crippen molar-refractivity contribution in [2.75, 3.05) is 12.3 Å². The fourth-order valence-corrected chi connectivity index (χ4v) is 3.19. The van der Waals surface area contributed by atoms with Gasteiger partial charge in [0.1, 0.15) is 30.7 Å². The Morgan fingerprint density at radius 2 is 2.15 bits per heavy atom. The molecule has 0 bridgehead atoms. The number of nitrogens with zero attached hydrogens (tertiary/aromatic N) is 3. The molecule has 0 radical (unpaired) electrons. The third-order valence-electron chi connectivity index (χ3n) is 4.42. The highest BCUT2D eigenvalue weighted by Gasteiger charge is 2.65. The first kappa shape index (κ1) is 19.3. The second-order valence-electron chi connectivity index (χ2n) is 7.28. The molecular weight excluding hydrogens is 356 g/mol. The number of ether oxygens (including phenoxy) is 4. The molecule has 146 valence electrons. The lowest BCUT2D eigenvalue weighted by molar-refractivity contribution is -0.220. The summed E-state index contributed by atoms with van der Waals surface area (Å²) in [6.07, 6.45) is -1.13. The van der Waals surface area contributed by atoms with Gasteiger partial charge in [0.25, 0.3) is 5.72 Å². The Hall–Kier alpha value is -2.48. The maximum absolute atomic E-state index is 12.4. The summed E-state index contributed by atoms with van der Waals surface area (Å²) in [6, 6.07) is 3.40. The van der Waals surface area contributed by atoms with Crippen molar-refractivity contribution in [2.24, 2.45) is 5.92 Å². The van der Waals surface area contributed by atoms with Crippen molar-refractivity contribution in [3.8, 4) is 6.07 Å². The zero-order chi connectivity index (χ0) is 20.0. The van der Waals surface area contributed by atoms with Crippen LogP contribution in [0.25, 0.3) is 0 Å². The molecule has 1 unspecified atom stereocenters. The number of carbonyl (C=O) groups is 1. The summed E-state index contributed by atoms with van der Waals surface area (Å²) in [5, 5.41) is 9.93. The quantitative estimate of drug-likeness (QED) is 0.724. The Kier molecular flexibility index (Phi) is 4.71. The molecule has 2 aliphatic heterocycles. The largest absolute Gasteiger partial charge is 0.463 e. The minimum absolute atomic E-state index is 0.0187. The van der Waals surface area contributed by atoms with E-state index in [2.05, 4.69) is 4.98 Å². The number of carbonyl (C=O) groups excluding carboxylic acids is 1. The number of anilines is 1. The molecule has 0 aliphatic carbocycles. The third-order valence-corrected chi connectivity index (χ3v) is 4.42. The predicted octanol–water partition coefficient (Wildman–Crippen LogP) is 0.120. The van der Waals surface area contributed by atoms with Crippen molar-refractivity contribution in [3.63, 3.8) is 0 Å². The molecule has 3 heterocycles. The van der Waals surface area contributed by atoms with Gasteiger partial charge in [-0.3, -0.25) is 9.36 Å². The molecule has 0 spiro atoms. The van der Waals surface area contributed by atoms with Gasteiger partial charge in [-0.15, -0.1) is 0 Å². The number of hydrogen-bond donors (Lipinski definition) is 1. The Bertz CT molecular complexity index is 845. The van der Waals surface area contributed by atoms with E-state index in [4.69, 9.17) is 24.7 Å². The summed E-state index contributed by atoms with van der Waals surface area (Å²) in [7, 11) is 0. The van der Waals surface area contributed by atoms with Crippen molar-refractivity contribution < 1.29 is 23.7 Å². The number of fused-ring (bicyclic) bond motifs is 1. The van der Waals surface area contributed by atoms with Crippen LogP contribution in [0.15, 0.2) is 17.1 Å². The van der Waals surface area contributed by atoms with E-state index >= 15 is 0 Å². The smallest absolute Gasteiger partial charge is 0.352 e. The third kappa shape index (κ3) is 3.29. The Morgan fingerprint density at radius 3 is 2.74 bits per heavy atom. The summed E-state index contributed by atoms with van der Waals surface area (Å²) in [4.78, 5) is 27.8. The standard InChI is InChI=1S/C17H22N4O6/c1-9(2)14(22)24-7-10-12-13(27-16(3,4)26-12)17(8-18,25-10)21-6-5-11(19)20-15(21)23/h5-6,9-10,12-13H,7H2,1-4H3,(H2,19,20,23)/t10-,12?,13+,17-/m1/s1.